The van der Waals surface area contributed by atoms with Gasteiger partial charge in [0.1, 0.15) is 16.4 Å². The van der Waals surface area contributed by atoms with E-state index in [0.29, 0.717) is 29.2 Å². The lowest BCUT2D eigenvalue weighted by atomic mass is 9.94. The van der Waals surface area contributed by atoms with E-state index >= 15 is 0 Å². The number of rotatable bonds is 9. The van der Waals surface area contributed by atoms with Crippen molar-refractivity contribution in [1.29, 1.82) is 0 Å². The van der Waals surface area contributed by atoms with Gasteiger partial charge in [-0.25, -0.2) is 9.78 Å². The summed E-state index contributed by atoms with van der Waals surface area (Å²) in [5, 5.41) is 11.5. The normalized spacial score (nSPS) is 16.6. The Labute approximate surface area is 225 Å². The molecule has 9 heteroatoms. The van der Waals surface area contributed by atoms with Crippen LogP contribution in [0.3, 0.4) is 0 Å². The van der Waals surface area contributed by atoms with E-state index < -0.39 is 23.7 Å². The molecule has 1 atom stereocenters. The van der Waals surface area contributed by atoms with Gasteiger partial charge in [0.25, 0.3) is 5.78 Å². The highest BCUT2D eigenvalue weighted by Crippen LogP contribution is 2.44. The van der Waals surface area contributed by atoms with Crippen LogP contribution in [0.2, 0.25) is 0 Å². The quantitative estimate of drug-likeness (QED) is 0.125. The number of unbranched alkanes of at least 4 members (excludes halogenated alkanes) is 1. The number of thiazole rings is 1. The van der Waals surface area contributed by atoms with E-state index in [-0.39, 0.29) is 21.3 Å². The van der Waals surface area contributed by atoms with E-state index in [1.165, 1.54) is 12.0 Å². The van der Waals surface area contributed by atoms with Crippen molar-refractivity contribution in [2.24, 2.45) is 0 Å². The lowest BCUT2D eigenvalue weighted by molar-refractivity contribution is -0.132. The van der Waals surface area contributed by atoms with Gasteiger partial charge >= 0.3 is 11.9 Å². The smallest absolute Gasteiger partial charge is 0.350 e. The molecule has 0 unspecified atom stereocenters. The van der Waals surface area contributed by atoms with Crippen LogP contribution in [0.15, 0.2) is 54.1 Å². The zero-order valence-electron chi connectivity index (χ0n) is 21.8. The van der Waals surface area contributed by atoms with Gasteiger partial charge in [-0.1, -0.05) is 55.9 Å². The first-order valence-corrected chi connectivity index (χ1v) is 13.3. The summed E-state index contributed by atoms with van der Waals surface area (Å²) >= 11 is 0.969. The Hall–Kier alpha value is -3.98. The summed E-state index contributed by atoms with van der Waals surface area (Å²) in [7, 11) is 1.27. The first kappa shape index (κ1) is 27.1. The molecule has 1 saturated heterocycles. The molecule has 1 amide bonds. The second kappa shape index (κ2) is 11.6. The van der Waals surface area contributed by atoms with Crippen molar-refractivity contribution in [3.8, 4) is 5.75 Å². The van der Waals surface area contributed by atoms with E-state index in [2.05, 4.69) is 11.9 Å². The minimum atomic E-state index is -0.933. The molecular weight excluding hydrogens is 504 g/mol. The van der Waals surface area contributed by atoms with E-state index in [1.807, 2.05) is 31.2 Å². The summed E-state index contributed by atoms with van der Waals surface area (Å²) in [5.41, 5.74) is 2.44. The van der Waals surface area contributed by atoms with Gasteiger partial charge in [0.05, 0.1) is 31.0 Å². The topological polar surface area (TPSA) is 106 Å². The molecule has 38 heavy (non-hydrogen) atoms. The van der Waals surface area contributed by atoms with Gasteiger partial charge in [-0.05, 0) is 55.2 Å². The largest absolute Gasteiger partial charge is 0.507 e. The van der Waals surface area contributed by atoms with Crippen LogP contribution in [-0.4, -0.2) is 41.5 Å². The number of hydrogen-bond donors (Lipinski definition) is 1. The SMILES string of the molecule is CCCCOc1ccc(C(O)=C2C(=O)C(=O)N(c3nc(C)c(C(=O)OC)s3)[C@@H]2c2ccc(CC)cc2)cc1. The van der Waals surface area contributed by atoms with Gasteiger partial charge in [0, 0.05) is 5.56 Å². The average molecular weight is 535 g/mol. The third kappa shape index (κ3) is 5.19. The molecule has 1 aliphatic heterocycles. The maximum atomic E-state index is 13.4. The van der Waals surface area contributed by atoms with E-state index in [9.17, 15) is 19.5 Å². The van der Waals surface area contributed by atoms with E-state index in [4.69, 9.17) is 9.47 Å². The number of aliphatic hydroxyl groups excluding tert-OH is 1. The first-order chi connectivity index (χ1) is 18.3. The number of ether oxygens (including phenoxy) is 2. The lowest BCUT2D eigenvalue weighted by Gasteiger charge is -2.23. The number of esters is 1. The minimum absolute atomic E-state index is 0.0497. The molecule has 0 spiro atoms. The van der Waals surface area contributed by atoms with Crippen molar-refractivity contribution in [3.63, 3.8) is 0 Å². The number of aliphatic hydroxyl groups is 1. The number of ketones is 1. The maximum absolute atomic E-state index is 13.4. The summed E-state index contributed by atoms with van der Waals surface area (Å²) in [4.78, 5) is 44.9. The third-order valence-electron chi connectivity index (χ3n) is 6.40. The molecule has 2 aromatic carbocycles. The molecule has 2 heterocycles. The molecule has 3 aromatic rings. The second-order valence-corrected chi connectivity index (χ2v) is 9.87. The van der Waals surface area contributed by atoms with Gasteiger partial charge in [0.15, 0.2) is 5.13 Å². The summed E-state index contributed by atoms with van der Waals surface area (Å²) in [6.45, 7) is 6.33. The number of carbonyl (C=O) groups is 3. The first-order valence-electron chi connectivity index (χ1n) is 12.5. The zero-order chi connectivity index (χ0) is 27.4. The summed E-state index contributed by atoms with van der Waals surface area (Å²) < 4.78 is 10.5. The number of nitrogens with zero attached hydrogens (tertiary/aromatic N) is 2. The molecule has 0 radical (unpaired) electrons. The number of anilines is 1. The van der Waals surface area contributed by atoms with Crippen molar-refractivity contribution < 1.29 is 29.0 Å². The molecule has 0 saturated carbocycles. The number of methoxy groups -OCH3 is 1. The van der Waals surface area contributed by atoms with Crippen LogP contribution >= 0.6 is 11.3 Å². The monoisotopic (exact) mass is 534 g/mol. The van der Waals surface area contributed by atoms with Crippen LogP contribution in [0.5, 0.6) is 5.75 Å². The van der Waals surface area contributed by atoms with E-state index in [0.717, 1.165) is 36.2 Å². The van der Waals surface area contributed by atoms with E-state index in [1.54, 1.807) is 31.2 Å². The Morgan fingerprint density at radius 3 is 2.37 bits per heavy atom. The van der Waals surface area contributed by atoms with Crippen LogP contribution in [0.25, 0.3) is 5.76 Å². The molecule has 0 bridgehead atoms. The molecule has 8 nitrogen and oxygen atoms in total. The Kier molecular flexibility index (Phi) is 8.26. The van der Waals surface area contributed by atoms with Crippen molar-refractivity contribution >= 4 is 39.9 Å². The van der Waals surface area contributed by atoms with Crippen LogP contribution in [0, 0.1) is 6.92 Å². The number of carbonyl (C=O) groups excluding carboxylic acids is 3. The van der Waals surface area contributed by atoms with Gasteiger partial charge in [0.2, 0.25) is 0 Å². The van der Waals surface area contributed by atoms with Crippen molar-refractivity contribution in [3.05, 3.63) is 81.4 Å². The highest BCUT2D eigenvalue weighted by Gasteiger charge is 2.48. The minimum Gasteiger partial charge on any atom is -0.507 e. The van der Waals surface area contributed by atoms with Gasteiger partial charge < -0.3 is 14.6 Å². The number of Topliss-reactive ketones (excluding diaryl/α,β-unsaturated/α-hetero) is 1. The number of benzene rings is 2. The highest BCUT2D eigenvalue weighted by molar-refractivity contribution is 7.17. The fourth-order valence-corrected chi connectivity index (χ4v) is 5.26. The molecule has 1 aliphatic rings. The Morgan fingerprint density at radius 1 is 1.08 bits per heavy atom. The molecule has 1 aromatic heterocycles. The van der Waals surface area contributed by atoms with Crippen molar-refractivity contribution in [1.82, 2.24) is 4.98 Å². The van der Waals surface area contributed by atoms with Crippen molar-refractivity contribution in [2.75, 3.05) is 18.6 Å². The molecule has 198 valence electrons. The highest BCUT2D eigenvalue weighted by atomic mass is 32.1. The molecule has 1 fully saturated rings. The molecule has 4 rings (SSSR count). The lowest BCUT2D eigenvalue weighted by Crippen LogP contribution is -2.29. The maximum Gasteiger partial charge on any atom is 0.350 e. The molecular formula is C29H30N2O6S. The van der Waals surface area contributed by atoms with Crippen LogP contribution in [-0.2, 0) is 20.7 Å². The Bertz CT molecular complexity index is 1380. The van der Waals surface area contributed by atoms with Gasteiger partial charge in [-0.15, -0.1) is 0 Å². The van der Waals surface area contributed by atoms with Crippen LogP contribution in [0.1, 0.15) is 64.8 Å². The van der Waals surface area contributed by atoms with Gasteiger partial charge in [-0.3, -0.25) is 14.5 Å². The molecule has 1 N–H and O–H groups in total. The fraction of sp³-hybridized carbons (Fsp3) is 0.310. The average Bonchev–Trinajstić information content (AvgIpc) is 3.44. The number of aryl methyl sites for hydroxylation is 2. The predicted octanol–water partition coefficient (Wildman–Crippen LogP) is 5.61. The summed E-state index contributed by atoms with van der Waals surface area (Å²) in [5.74, 6) is -1.88. The Morgan fingerprint density at radius 2 is 1.76 bits per heavy atom. The summed E-state index contributed by atoms with van der Waals surface area (Å²) in [6.07, 6.45) is 2.76. The van der Waals surface area contributed by atoms with Crippen LogP contribution in [0.4, 0.5) is 5.13 Å². The van der Waals surface area contributed by atoms with Gasteiger partial charge in [-0.2, -0.15) is 0 Å². The number of aromatic nitrogens is 1. The predicted molar refractivity (Wildman–Crippen MR) is 146 cm³/mol. The second-order valence-electron chi connectivity index (χ2n) is 8.89. The summed E-state index contributed by atoms with van der Waals surface area (Å²) in [6, 6.07) is 13.3. The van der Waals surface area contributed by atoms with Crippen LogP contribution < -0.4 is 9.64 Å². The number of hydrogen-bond acceptors (Lipinski definition) is 8. The Balaban J connectivity index is 1.82. The van der Waals surface area contributed by atoms with Crippen molar-refractivity contribution in [2.45, 2.75) is 46.1 Å². The zero-order valence-corrected chi connectivity index (χ0v) is 22.6. The number of amides is 1. The molecule has 0 aliphatic carbocycles. The standard InChI is InChI=1S/C29H30N2O6S/c1-5-7-16-37-21-14-12-20(13-15-21)24(32)22-23(19-10-8-18(6-2)9-11-19)31(27(34)25(22)33)29-30-17(3)26(38-29)28(35)36-4/h8-15,23,32H,5-7,16H2,1-4H3/t23-/m1/s1. The fourth-order valence-electron chi connectivity index (χ4n) is 4.25. The third-order valence-corrected chi connectivity index (χ3v) is 7.54.